The Labute approximate surface area is 551 Å². The van der Waals surface area contributed by atoms with Crippen molar-refractivity contribution in [3.8, 4) is 85.8 Å². The first-order valence-corrected chi connectivity index (χ1v) is 31.4. The predicted molar refractivity (Wildman–Crippen MR) is 382 cm³/mol. The van der Waals surface area contributed by atoms with Crippen LogP contribution in [-0.4, -0.2) is 25.4 Å². The van der Waals surface area contributed by atoms with Gasteiger partial charge in [0.05, 0.1) is 78.7 Å². The Morgan fingerprint density at radius 3 is 1.45 bits per heavy atom. The van der Waals surface area contributed by atoms with Gasteiger partial charge in [0.25, 0.3) is 6.71 Å². The van der Waals surface area contributed by atoms with E-state index in [2.05, 4.69) is 174 Å². The zero-order valence-electron chi connectivity index (χ0n) is 60.5. The molecule has 0 fully saturated rings. The predicted octanol–water partition coefficient (Wildman–Crippen LogP) is 19.6. The molecule has 11 aromatic carbocycles. The number of rotatable bonds is 7. The molecule has 2 aliphatic rings. The maximum Gasteiger partial charge on any atom is 0.260 e. The van der Waals surface area contributed by atoms with Crippen LogP contribution in [0.3, 0.4) is 0 Å². The third-order valence-corrected chi connectivity index (χ3v) is 18.9. The number of ether oxygens (including phenoxy) is 2. The molecular weight excluding hydrogens is 1140 g/mol. The molecule has 0 saturated heterocycles. The molecule has 17 rings (SSSR count). The van der Waals surface area contributed by atoms with Crippen molar-refractivity contribution in [1.82, 2.24) is 18.7 Å². The maximum absolute atomic E-state index is 10.3. The van der Waals surface area contributed by atoms with Gasteiger partial charge in [-0.2, -0.15) is 10.5 Å². The third kappa shape index (κ3) is 8.90. The monoisotopic (exact) mass is 1210 g/mol. The number of hydrogen-bond acceptors (Lipinski definition) is 5. The van der Waals surface area contributed by atoms with Crippen molar-refractivity contribution in [2.75, 3.05) is 0 Å². The highest BCUT2D eigenvalue weighted by atomic mass is 16.5. The first kappa shape index (κ1) is 47.5. The second kappa shape index (κ2) is 20.6. The molecule has 0 bridgehead atoms. The second-order valence-electron chi connectivity index (χ2n) is 27.0. The molecule has 2 aliphatic heterocycles. The van der Waals surface area contributed by atoms with Crippen molar-refractivity contribution in [1.29, 1.82) is 10.5 Å². The second-order valence-corrected chi connectivity index (χ2v) is 27.0. The lowest BCUT2D eigenvalue weighted by Crippen LogP contribution is -2.57. The molecule has 4 aromatic heterocycles. The minimum absolute atomic E-state index is 0.0273. The van der Waals surface area contributed by atoms with Crippen molar-refractivity contribution in [2.24, 2.45) is 0 Å². The first-order valence-electron chi connectivity index (χ1n) is 35.4. The van der Waals surface area contributed by atoms with Crippen LogP contribution in [0.2, 0.25) is 0 Å². The van der Waals surface area contributed by atoms with Crippen molar-refractivity contribution in [3.63, 3.8) is 0 Å². The Balaban J connectivity index is 0.886. The quantitative estimate of drug-likeness (QED) is 0.148. The highest BCUT2D eigenvalue weighted by molar-refractivity contribution is 6.98. The van der Waals surface area contributed by atoms with E-state index in [9.17, 15) is 16.0 Å². The summed E-state index contributed by atoms with van der Waals surface area (Å²) in [6, 6.07) is 63.1. The van der Waals surface area contributed by atoms with Gasteiger partial charge in [0, 0.05) is 55.6 Å². The van der Waals surface area contributed by atoms with Crippen LogP contribution in [0.4, 0.5) is 0 Å². The first-order chi connectivity index (χ1) is 48.4. The van der Waals surface area contributed by atoms with Crippen LogP contribution in [0.25, 0.3) is 116 Å². The standard InChI is InChI=1S/C84H63BN6O2/c1-49(2)52-22-24-53(25-23-52)56-38-57(40-60(39-56)89-73-30-20-50(47-86)36-64(73)66-43-58(83(3,4)5)28-32-74(66)89)54-26-34-77-68(41-54)85-69-42-55(70-16-13-19-81(88-70)91-75-31-21-51(48-87)37-65(75)67-44-59(84(6,7)8)29-33-76(67)91)27-35-78(69)93-80-46-61(45-79(92-77)82(80)85)90-71-17-11-9-14-62(71)63-15-10-12-18-72(63)90/h9-46,49H,1-8H3/i9D,10D,11D,12D,14D,15D,17D,18D. The molecule has 6 heterocycles. The van der Waals surface area contributed by atoms with Crippen LogP contribution in [0.5, 0.6) is 23.0 Å². The number of hydrogen-bond donors (Lipinski definition) is 0. The molecule has 0 amide bonds. The summed E-state index contributed by atoms with van der Waals surface area (Å²) in [6.45, 7) is 17.0. The molecule has 0 radical (unpaired) electrons. The van der Waals surface area contributed by atoms with Crippen LogP contribution in [0.1, 0.15) is 100 Å². The van der Waals surface area contributed by atoms with E-state index >= 15 is 0 Å². The van der Waals surface area contributed by atoms with Gasteiger partial charge in [-0.25, -0.2) is 4.98 Å². The fourth-order valence-electron chi connectivity index (χ4n) is 14.1. The number of pyridine rings is 1. The molecule has 0 atom stereocenters. The van der Waals surface area contributed by atoms with E-state index < -0.39 is 55.1 Å². The van der Waals surface area contributed by atoms with E-state index in [0.717, 1.165) is 88.0 Å². The molecule has 8 nitrogen and oxygen atoms in total. The topological polar surface area (TPSA) is 93.7 Å². The van der Waals surface area contributed by atoms with Crippen molar-refractivity contribution in [3.05, 3.63) is 258 Å². The number of nitrogens with zero attached hydrogens (tertiary/aromatic N) is 6. The molecule has 444 valence electrons. The lowest BCUT2D eigenvalue weighted by Gasteiger charge is -2.34. The van der Waals surface area contributed by atoms with Crippen molar-refractivity contribution in [2.45, 2.75) is 72.1 Å². The molecule has 0 aliphatic carbocycles. The molecule has 0 saturated carbocycles. The summed E-state index contributed by atoms with van der Waals surface area (Å²) in [5.41, 5.74) is 17.1. The average molecular weight is 1210 g/mol. The number of para-hydroxylation sites is 2. The highest BCUT2D eigenvalue weighted by Crippen LogP contribution is 2.44. The Kier molecular flexibility index (Phi) is 10.5. The summed E-state index contributed by atoms with van der Waals surface area (Å²) >= 11 is 0. The summed E-state index contributed by atoms with van der Waals surface area (Å²) in [7, 11) is 0. The zero-order valence-corrected chi connectivity index (χ0v) is 52.5. The largest absolute Gasteiger partial charge is 0.458 e. The Morgan fingerprint density at radius 1 is 0.430 bits per heavy atom. The van der Waals surface area contributed by atoms with Gasteiger partial charge in [0.1, 0.15) is 28.8 Å². The van der Waals surface area contributed by atoms with E-state index in [-0.39, 0.29) is 38.3 Å². The highest BCUT2D eigenvalue weighted by Gasteiger charge is 2.41. The smallest absolute Gasteiger partial charge is 0.260 e. The van der Waals surface area contributed by atoms with Gasteiger partial charge in [-0.1, -0.05) is 152 Å². The summed E-state index contributed by atoms with van der Waals surface area (Å²) in [5, 5.41) is 24.3. The molecule has 93 heavy (non-hydrogen) atoms. The fraction of sp³-hybridized carbons (Fsp3) is 0.131. The van der Waals surface area contributed by atoms with Crippen LogP contribution < -0.4 is 25.9 Å². The molecule has 0 unspecified atom stereocenters. The minimum atomic E-state index is -0.573. The Bertz CT molecular complexity index is 6200. The third-order valence-electron chi connectivity index (χ3n) is 18.9. The SMILES string of the molecule is [2H]c1c([2H])c([2H])c2c(c1[2H])c1c([2H])c([2H])c([2H])c([2H])c1n2-c1cc2c3c(c1)Oc1ccc(-c4cccc(-n5c6ccc(C#N)cc6c6cc(C(C)(C)C)ccc65)n4)cc1B3c1cc(-c3cc(-c4ccc(C(C)C)cc4)cc(-n4c5ccc(C#N)cc5c5cc(C(C)(C)C)ccc54)c3)ccc1O2. The summed E-state index contributed by atoms with van der Waals surface area (Å²) in [4.78, 5) is 5.46. The van der Waals surface area contributed by atoms with Crippen LogP contribution in [0.15, 0.2) is 230 Å². The summed E-state index contributed by atoms with van der Waals surface area (Å²) in [6.07, 6.45) is 0. The molecule has 15 aromatic rings. The average Bonchev–Trinajstić information content (AvgIpc) is 1.65. The number of nitriles is 2. The van der Waals surface area contributed by atoms with E-state index in [4.69, 9.17) is 19.9 Å². The Morgan fingerprint density at radius 2 is 0.903 bits per heavy atom. The normalized spacial score (nSPS) is 13.9. The molecule has 0 N–H and O–H groups in total. The number of fused-ring (bicyclic) bond motifs is 13. The minimum Gasteiger partial charge on any atom is -0.458 e. The van der Waals surface area contributed by atoms with E-state index in [1.165, 1.54) is 21.3 Å². The zero-order chi connectivity index (χ0) is 70.3. The van der Waals surface area contributed by atoms with Crippen LogP contribution in [0, 0.1) is 22.7 Å². The molecule has 9 heteroatoms. The summed E-state index contributed by atoms with van der Waals surface area (Å²) in [5.74, 6) is 2.80. The van der Waals surface area contributed by atoms with E-state index in [0.29, 0.717) is 57.0 Å². The summed E-state index contributed by atoms with van der Waals surface area (Å²) < 4.78 is 92.8. The van der Waals surface area contributed by atoms with Gasteiger partial charge < -0.3 is 18.6 Å². The lowest BCUT2D eigenvalue weighted by atomic mass is 9.34. The van der Waals surface area contributed by atoms with E-state index in [1.807, 2.05) is 72.8 Å². The van der Waals surface area contributed by atoms with Gasteiger partial charge in [-0.15, -0.1) is 0 Å². The van der Waals surface area contributed by atoms with Gasteiger partial charge in [-0.3, -0.25) is 4.57 Å². The molecule has 0 spiro atoms. The number of aromatic nitrogens is 4. The lowest BCUT2D eigenvalue weighted by molar-refractivity contribution is 0.464. The fourth-order valence-corrected chi connectivity index (χ4v) is 14.1. The van der Waals surface area contributed by atoms with E-state index in [1.54, 1.807) is 12.1 Å². The molecular formula is C84H63BN6O2. The van der Waals surface area contributed by atoms with Gasteiger partial charge in [0.2, 0.25) is 0 Å². The number of benzene rings is 11. The maximum atomic E-state index is 10.3. The van der Waals surface area contributed by atoms with Crippen molar-refractivity contribution >= 4 is 88.5 Å². The van der Waals surface area contributed by atoms with Gasteiger partial charge in [-0.05, 0) is 193 Å². The van der Waals surface area contributed by atoms with Crippen molar-refractivity contribution < 1.29 is 20.4 Å². The van der Waals surface area contributed by atoms with Gasteiger partial charge in [0.15, 0.2) is 0 Å². The van der Waals surface area contributed by atoms with Crippen LogP contribution >= 0.6 is 0 Å². The van der Waals surface area contributed by atoms with Crippen LogP contribution in [-0.2, 0) is 10.8 Å². The Hall–Kier alpha value is -11.4. The van der Waals surface area contributed by atoms with Gasteiger partial charge >= 0.3 is 0 Å².